The second kappa shape index (κ2) is 3.83. The molecule has 0 radical (unpaired) electrons. The first-order valence-corrected chi connectivity index (χ1v) is 7.04. The normalized spacial score (nSPS) is 45.0. The van der Waals surface area contributed by atoms with Crippen molar-refractivity contribution < 1.29 is 14.6 Å². The molecule has 0 aliphatic heterocycles. The summed E-state index contributed by atoms with van der Waals surface area (Å²) in [5.41, 5.74) is -0.0872. The molecule has 3 aliphatic carbocycles. The lowest BCUT2D eigenvalue weighted by Crippen LogP contribution is -2.52. The van der Waals surface area contributed by atoms with Crippen LogP contribution in [-0.2, 0) is 9.53 Å². The van der Waals surface area contributed by atoms with Crippen molar-refractivity contribution in [1.29, 1.82) is 0 Å². The van der Waals surface area contributed by atoms with Gasteiger partial charge in [0.25, 0.3) is 0 Å². The molecule has 18 heavy (non-hydrogen) atoms. The van der Waals surface area contributed by atoms with Crippen LogP contribution in [0.2, 0.25) is 0 Å². The number of aliphatic hydroxyl groups excluding tert-OH is 1. The predicted molar refractivity (Wildman–Crippen MR) is 67.8 cm³/mol. The summed E-state index contributed by atoms with van der Waals surface area (Å²) in [5, 5.41) is 9.89. The third-order valence-corrected chi connectivity index (χ3v) is 5.70. The smallest absolute Gasteiger partial charge is 0.333 e. The Bertz CT molecular complexity index is 403. The molecule has 3 fully saturated rings. The molecule has 1 N–H and O–H groups in total. The molecule has 3 nitrogen and oxygen atoms in total. The summed E-state index contributed by atoms with van der Waals surface area (Å²) in [6, 6.07) is 0. The van der Waals surface area contributed by atoms with Gasteiger partial charge in [-0.25, -0.2) is 4.79 Å². The minimum atomic E-state index is -0.388. The summed E-state index contributed by atoms with van der Waals surface area (Å²) in [5.74, 6) is 0.849. The van der Waals surface area contributed by atoms with Crippen LogP contribution in [0.25, 0.3) is 0 Å². The van der Waals surface area contributed by atoms with E-state index in [9.17, 15) is 9.90 Å². The van der Waals surface area contributed by atoms with Gasteiger partial charge < -0.3 is 9.84 Å². The molecule has 0 aromatic rings. The Balaban J connectivity index is 1.96. The molecule has 4 atom stereocenters. The Morgan fingerprint density at radius 1 is 1.44 bits per heavy atom. The third-order valence-electron chi connectivity index (χ3n) is 5.70. The first kappa shape index (κ1) is 12.2. The Labute approximate surface area is 108 Å². The van der Waals surface area contributed by atoms with E-state index < -0.39 is 0 Å². The third kappa shape index (κ3) is 1.31. The number of carbonyl (C=O) groups is 1. The Morgan fingerprint density at radius 2 is 2.22 bits per heavy atom. The molecule has 4 unspecified atom stereocenters. The van der Waals surface area contributed by atoms with Gasteiger partial charge in [-0.2, -0.15) is 0 Å². The molecule has 0 spiro atoms. The van der Waals surface area contributed by atoms with Gasteiger partial charge in [0, 0.05) is 16.9 Å². The Kier molecular flexibility index (Phi) is 2.60. The summed E-state index contributed by atoms with van der Waals surface area (Å²) in [7, 11) is 0. The van der Waals surface area contributed by atoms with Crippen molar-refractivity contribution >= 4 is 5.97 Å². The van der Waals surface area contributed by atoms with E-state index in [1.165, 1.54) is 6.42 Å². The van der Waals surface area contributed by atoms with Crippen LogP contribution in [0.5, 0.6) is 0 Å². The number of hydrogen-bond acceptors (Lipinski definition) is 3. The van der Waals surface area contributed by atoms with E-state index in [1.54, 1.807) is 6.92 Å². The highest BCUT2D eigenvalue weighted by atomic mass is 16.6. The molecule has 0 aromatic heterocycles. The zero-order chi connectivity index (χ0) is 13.0. The summed E-state index contributed by atoms with van der Waals surface area (Å²) in [6.07, 6.45) is 6.43. The lowest BCUT2D eigenvalue weighted by molar-refractivity contribution is -0.182. The van der Waals surface area contributed by atoms with Gasteiger partial charge in [-0.15, -0.1) is 0 Å². The van der Waals surface area contributed by atoms with Crippen LogP contribution >= 0.6 is 0 Å². The van der Waals surface area contributed by atoms with Crippen LogP contribution < -0.4 is 0 Å². The molecule has 3 aliphatic rings. The monoisotopic (exact) mass is 250 g/mol. The molecule has 3 heteroatoms. The van der Waals surface area contributed by atoms with Gasteiger partial charge in [-0.05, 0) is 51.4 Å². The predicted octanol–water partition coefficient (Wildman–Crippen LogP) is 2.44. The quantitative estimate of drug-likeness (QED) is 0.618. The van der Waals surface area contributed by atoms with E-state index >= 15 is 0 Å². The maximum atomic E-state index is 12.0. The second-order valence-electron chi connectivity index (χ2n) is 6.50. The average Bonchev–Trinajstić information content (AvgIpc) is 2.97. The number of esters is 1. The van der Waals surface area contributed by atoms with Gasteiger partial charge in [0.15, 0.2) is 0 Å². The molecular formula is C15H22O3. The highest BCUT2D eigenvalue weighted by Crippen LogP contribution is 2.69. The van der Waals surface area contributed by atoms with E-state index in [0.717, 1.165) is 32.1 Å². The highest BCUT2D eigenvalue weighted by Gasteiger charge is 2.70. The topological polar surface area (TPSA) is 46.5 Å². The van der Waals surface area contributed by atoms with E-state index in [4.69, 9.17) is 4.74 Å². The largest absolute Gasteiger partial charge is 0.455 e. The molecule has 0 aromatic carbocycles. The fraction of sp³-hybridized carbons (Fsp3) is 0.800. The number of hydrogen-bond donors (Lipinski definition) is 1. The van der Waals surface area contributed by atoms with Crippen molar-refractivity contribution in [3.63, 3.8) is 0 Å². The van der Waals surface area contributed by atoms with Crippen LogP contribution in [0, 0.1) is 17.3 Å². The summed E-state index contributed by atoms with van der Waals surface area (Å²) >= 11 is 0. The molecule has 3 saturated carbocycles. The molecule has 0 heterocycles. The van der Waals surface area contributed by atoms with Crippen molar-refractivity contribution in [3.8, 4) is 0 Å². The molecular weight excluding hydrogens is 228 g/mol. The summed E-state index contributed by atoms with van der Waals surface area (Å²) in [6.45, 7) is 5.53. The molecule has 3 rings (SSSR count). The first-order valence-electron chi connectivity index (χ1n) is 7.04. The van der Waals surface area contributed by atoms with E-state index in [2.05, 4.69) is 6.58 Å². The number of aliphatic hydroxyl groups is 1. The van der Waals surface area contributed by atoms with Gasteiger partial charge in [0.1, 0.15) is 5.60 Å². The number of rotatable bonds is 3. The van der Waals surface area contributed by atoms with Crippen molar-refractivity contribution in [3.05, 3.63) is 12.2 Å². The van der Waals surface area contributed by atoms with Crippen LogP contribution in [0.15, 0.2) is 12.2 Å². The second-order valence-corrected chi connectivity index (χ2v) is 6.50. The number of carbonyl (C=O) groups excluding carboxylic acids is 1. The van der Waals surface area contributed by atoms with E-state index in [-0.39, 0.29) is 23.6 Å². The molecule has 0 amide bonds. The first-order chi connectivity index (χ1) is 8.55. The summed E-state index contributed by atoms with van der Waals surface area (Å²) in [4.78, 5) is 12.0. The van der Waals surface area contributed by atoms with E-state index in [1.807, 2.05) is 0 Å². The van der Waals surface area contributed by atoms with Gasteiger partial charge in [-0.1, -0.05) is 6.58 Å². The fourth-order valence-electron chi connectivity index (χ4n) is 4.94. The van der Waals surface area contributed by atoms with Crippen LogP contribution in [-0.4, -0.2) is 23.3 Å². The zero-order valence-electron chi connectivity index (χ0n) is 11.1. The Morgan fingerprint density at radius 3 is 2.89 bits per heavy atom. The van der Waals surface area contributed by atoms with Crippen molar-refractivity contribution in [2.24, 2.45) is 17.3 Å². The SMILES string of the molecule is C=C(C)C(=O)OC12CCCC1C1CCC2(CO)C1. The lowest BCUT2D eigenvalue weighted by Gasteiger charge is -2.46. The Hall–Kier alpha value is -0.830. The van der Waals surface area contributed by atoms with Crippen LogP contribution in [0.4, 0.5) is 0 Å². The maximum absolute atomic E-state index is 12.0. The number of fused-ring (bicyclic) bond motifs is 5. The van der Waals surface area contributed by atoms with Gasteiger partial charge >= 0.3 is 5.97 Å². The van der Waals surface area contributed by atoms with Crippen molar-refractivity contribution in [2.45, 2.75) is 51.0 Å². The minimum Gasteiger partial charge on any atom is -0.455 e. The zero-order valence-corrected chi connectivity index (χ0v) is 11.1. The van der Waals surface area contributed by atoms with Gasteiger partial charge in [-0.3, -0.25) is 0 Å². The summed E-state index contributed by atoms with van der Waals surface area (Å²) < 4.78 is 5.91. The van der Waals surface area contributed by atoms with Gasteiger partial charge in [0.2, 0.25) is 0 Å². The van der Waals surface area contributed by atoms with Crippen LogP contribution in [0.3, 0.4) is 0 Å². The minimum absolute atomic E-state index is 0.156. The standard InChI is InChI=1S/C15H22O3/c1-10(2)13(17)18-15-6-3-4-12(15)11-5-7-14(15,8-11)9-16/h11-12,16H,1,3-9H2,2H3. The van der Waals surface area contributed by atoms with Gasteiger partial charge in [0.05, 0.1) is 6.61 Å². The van der Waals surface area contributed by atoms with Crippen molar-refractivity contribution in [2.75, 3.05) is 6.61 Å². The number of ether oxygens (including phenoxy) is 1. The molecule has 100 valence electrons. The average molecular weight is 250 g/mol. The maximum Gasteiger partial charge on any atom is 0.333 e. The molecule has 2 bridgehead atoms. The highest BCUT2D eigenvalue weighted by molar-refractivity contribution is 5.87. The lowest BCUT2D eigenvalue weighted by atomic mass is 9.68. The molecule has 0 saturated heterocycles. The van der Waals surface area contributed by atoms with E-state index in [0.29, 0.717) is 17.4 Å². The fourth-order valence-corrected chi connectivity index (χ4v) is 4.94. The van der Waals surface area contributed by atoms with Crippen LogP contribution in [0.1, 0.15) is 45.4 Å². The van der Waals surface area contributed by atoms with Crippen molar-refractivity contribution in [1.82, 2.24) is 0 Å².